The maximum Gasteiger partial charge on any atom is 0.181 e. The first-order valence-electron chi connectivity index (χ1n) is 6.71. The van der Waals surface area contributed by atoms with Gasteiger partial charge in [-0.15, -0.1) is 0 Å². The van der Waals surface area contributed by atoms with Crippen LogP contribution in [0.15, 0.2) is 48.5 Å². The van der Waals surface area contributed by atoms with Crippen molar-refractivity contribution < 1.29 is 0 Å². The van der Waals surface area contributed by atoms with Gasteiger partial charge in [-0.25, -0.2) is 4.98 Å². The minimum absolute atomic E-state index is 0.632. The van der Waals surface area contributed by atoms with Crippen molar-refractivity contribution in [3.63, 3.8) is 0 Å². The van der Waals surface area contributed by atoms with E-state index in [0.717, 1.165) is 23.3 Å². The second-order valence-electron chi connectivity index (χ2n) is 4.70. The lowest BCUT2D eigenvalue weighted by Crippen LogP contribution is -2.21. The fraction of sp³-hybridized carbons (Fsp3) is 0.188. The molecule has 0 saturated heterocycles. The molecular formula is C16H17N3S. The maximum atomic E-state index is 5.76. The molecule has 4 heteroatoms. The summed E-state index contributed by atoms with van der Waals surface area (Å²) in [6, 6.07) is 16.9. The zero-order chi connectivity index (χ0) is 13.9. The number of thiazole rings is 1. The summed E-state index contributed by atoms with van der Waals surface area (Å²) in [7, 11) is 0. The molecule has 0 aliphatic carbocycles. The Bertz CT molecular complexity index is 706. The van der Waals surface area contributed by atoms with E-state index in [1.54, 1.807) is 11.3 Å². The minimum Gasteiger partial charge on any atom is -0.375 e. The van der Waals surface area contributed by atoms with Gasteiger partial charge in [0.1, 0.15) is 0 Å². The largest absolute Gasteiger partial charge is 0.375 e. The Morgan fingerprint density at radius 2 is 1.95 bits per heavy atom. The second kappa shape index (κ2) is 5.51. The summed E-state index contributed by atoms with van der Waals surface area (Å²) in [4.78, 5) is 6.65. The van der Waals surface area contributed by atoms with Gasteiger partial charge in [-0.2, -0.15) is 0 Å². The molecule has 0 spiro atoms. The van der Waals surface area contributed by atoms with E-state index >= 15 is 0 Å². The number of rotatable bonds is 4. The highest BCUT2D eigenvalue weighted by atomic mass is 32.1. The number of nitrogens with two attached hydrogens (primary N) is 1. The molecule has 1 aromatic heterocycles. The minimum atomic E-state index is 0.632. The van der Waals surface area contributed by atoms with E-state index in [2.05, 4.69) is 59.3 Å². The maximum absolute atomic E-state index is 5.76. The summed E-state index contributed by atoms with van der Waals surface area (Å²) in [5, 5.41) is 0.632. The molecule has 3 aromatic rings. The van der Waals surface area contributed by atoms with Crippen molar-refractivity contribution >= 4 is 32.4 Å². The van der Waals surface area contributed by atoms with Crippen molar-refractivity contribution in [2.24, 2.45) is 0 Å². The SMILES string of the molecule is CCN(Cc1ccc2nc(N)sc2c1)c1ccccc1. The van der Waals surface area contributed by atoms with E-state index in [1.807, 2.05) is 6.07 Å². The summed E-state index contributed by atoms with van der Waals surface area (Å²) < 4.78 is 1.16. The Hall–Kier alpha value is -2.07. The number of benzene rings is 2. The summed E-state index contributed by atoms with van der Waals surface area (Å²) in [6.07, 6.45) is 0. The molecule has 0 aliphatic rings. The number of hydrogen-bond acceptors (Lipinski definition) is 4. The lowest BCUT2D eigenvalue weighted by atomic mass is 10.2. The quantitative estimate of drug-likeness (QED) is 0.789. The third kappa shape index (κ3) is 2.60. The summed E-state index contributed by atoms with van der Waals surface area (Å²) in [5.41, 5.74) is 9.27. The normalized spacial score (nSPS) is 10.8. The van der Waals surface area contributed by atoms with E-state index < -0.39 is 0 Å². The van der Waals surface area contributed by atoms with Gasteiger partial charge in [-0.1, -0.05) is 35.6 Å². The molecule has 0 atom stereocenters. The summed E-state index contributed by atoms with van der Waals surface area (Å²) >= 11 is 1.54. The van der Waals surface area contributed by atoms with E-state index in [-0.39, 0.29) is 0 Å². The third-order valence-corrected chi connectivity index (χ3v) is 4.19. The number of hydrogen-bond donors (Lipinski definition) is 1. The van der Waals surface area contributed by atoms with Crippen molar-refractivity contribution in [3.8, 4) is 0 Å². The van der Waals surface area contributed by atoms with E-state index in [4.69, 9.17) is 5.73 Å². The van der Waals surface area contributed by atoms with Crippen LogP contribution in [-0.4, -0.2) is 11.5 Å². The highest BCUT2D eigenvalue weighted by molar-refractivity contribution is 7.22. The molecule has 2 N–H and O–H groups in total. The fourth-order valence-corrected chi connectivity index (χ4v) is 3.13. The highest BCUT2D eigenvalue weighted by Crippen LogP contribution is 2.26. The molecule has 0 unspecified atom stereocenters. The predicted octanol–water partition coefficient (Wildman–Crippen LogP) is 3.91. The molecule has 0 radical (unpaired) electrons. The monoisotopic (exact) mass is 283 g/mol. The number of fused-ring (bicyclic) bond motifs is 1. The van der Waals surface area contributed by atoms with E-state index in [9.17, 15) is 0 Å². The number of para-hydroxylation sites is 1. The first-order valence-corrected chi connectivity index (χ1v) is 7.53. The number of nitrogen functional groups attached to an aromatic ring is 1. The zero-order valence-electron chi connectivity index (χ0n) is 11.4. The van der Waals surface area contributed by atoms with Gasteiger partial charge >= 0.3 is 0 Å². The molecule has 20 heavy (non-hydrogen) atoms. The Kier molecular flexibility index (Phi) is 3.56. The van der Waals surface area contributed by atoms with Gasteiger partial charge in [0, 0.05) is 18.8 Å². The van der Waals surface area contributed by atoms with Crippen LogP contribution in [0.25, 0.3) is 10.2 Å². The van der Waals surface area contributed by atoms with Crippen LogP contribution < -0.4 is 10.6 Å². The average molecular weight is 283 g/mol. The molecule has 0 fully saturated rings. The molecule has 102 valence electrons. The molecule has 0 aliphatic heterocycles. The van der Waals surface area contributed by atoms with Gasteiger partial charge in [0.05, 0.1) is 10.2 Å². The van der Waals surface area contributed by atoms with Gasteiger partial charge in [0.15, 0.2) is 5.13 Å². The number of nitrogens with zero attached hydrogens (tertiary/aromatic N) is 2. The molecule has 1 heterocycles. The van der Waals surface area contributed by atoms with Gasteiger partial charge in [0.25, 0.3) is 0 Å². The molecule has 3 nitrogen and oxygen atoms in total. The van der Waals surface area contributed by atoms with Crippen molar-refractivity contribution in [2.45, 2.75) is 13.5 Å². The van der Waals surface area contributed by atoms with Crippen LogP contribution in [0.1, 0.15) is 12.5 Å². The zero-order valence-corrected chi connectivity index (χ0v) is 12.2. The Morgan fingerprint density at radius 1 is 1.15 bits per heavy atom. The van der Waals surface area contributed by atoms with Crippen LogP contribution in [0, 0.1) is 0 Å². The topological polar surface area (TPSA) is 42.2 Å². The first-order chi connectivity index (χ1) is 9.76. The van der Waals surface area contributed by atoms with Crippen LogP contribution in [0.4, 0.5) is 10.8 Å². The smallest absolute Gasteiger partial charge is 0.181 e. The first kappa shape index (κ1) is 12.9. The standard InChI is InChI=1S/C16H17N3S/c1-2-19(13-6-4-3-5-7-13)11-12-8-9-14-15(10-12)20-16(17)18-14/h3-10H,2,11H2,1H3,(H2,17,18). The van der Waals surface area contributed by atoms with Crippen LogP contribution in [0.3, 0.4) is 0 Å². The van der Waals surface area contributed by atoms with Crippen molar-refractivity contribution in [1.29, 1.82) is 0 Å². The van der Waals surface area contributed by atoms with Crippen LogP contribution >= 0.6 is 11.3 Å². The van der Waals surface area contributed by atoms with Gasteiger partial charge < -0.3 is 10.6 Å². The molecular weight excluding hydrogens is 266 g/mol. The predicted molar refractivity (Wildman–Crippen MR) is 87.2 cm³/mol. The molecule has 0 bridgehead atoms. The van der Waals surface area contributed by atoms with Crippen molar-refractivity contribution in [1.82, 2.24) is 4.98 Å². The third-order valence-electron chi connectivity index (χ3n) is 3.35. The number of aromatic nitrogens is 1. The van der Waals surface area contributed by atoms with Crippen LogP contribution in [0.2, 0.25) is 0 Å². The van der Waals surface area contributed by atoms with Crippen molar-refractivity contribution in [3.05, 3.63) is 54.1 Å². The second-order valence-corrected chi connectivity index (χ2v) is 5.77. The van der Waals surface area contributed by atoms with Gasteiger partial charge in [-0.3, -0.25) is 0 Å². The molecule has 0 saturated carbocycles. The summed E-state index contributed by atoms with van der Waals surface area (Å²) in [6.45, 7) is 4.05. The Labute approximate surface area is 122 Å². The van der Waals surface area contributed by atoms with Gasteiger partial charge in [0.2, 0.25) is 0 Å². The summed E-state index contributed by atoms with van der Waals surface area (Å²) in [5.74, 6) is 0. The van der Waals surface area contributed by atoms with E-state index in [1.165, 1.54) is 11.3 Å². The van der Waals surface area contributed by atoms with E-state index in [0.29, 0.717) is 5.13 Å². The van der Waals surface area contributed by atoms with Crippen LogP contribution in [-0.2, 0) is 6.54 Å². The Balaban J connectivity index is 1.87. The average Bonchev–Trinajstić information content (AvgIpc) is 2.85. The molecule has 0 amide bonds. The van der Waals surface area contributed by atoms with Gasteiger partial charge in [-0.05, 0) is 36.8 Å². The molecule has 2 aromatic carbocycles. The lowest BCUT2D eigenvalue weighted by Gasteiger charge is -2.23. The highest BCUT2D eigenvalue weighted by Gasteiger charge is 2.07. The Morgan fingerprint density at radius 3 is 2.70 bits per heavy atom. The number of anilines is 2. The lowest BCUT2D eigenvalue weighted by molar-refractivity contribution is 0.833. The fourth-order valence-electron chi connectivity index (χ4n) is 2.33. The molecule has 3 rings (SSSR count). The van der Waals surface area contributed by atoms with Crippen LogP contribution in [0.5, 0.6) is 0 Å². The van der Waals surface area contributed by atoms with Crippen molar-refractivity contribution in [2.75, 3.05) is 17.2 Å².